The number of hydrogen-bond donors (Lipinski definition) is 1. The van der Waals surface area contributed by atoms with Crippen LogP contribution in [0.1, 0.15) is 11.9 Å². The molecular formula is C13H18N2O2S2. The molecule has 0 fully saturated rings. The van der Waals surface area contributed by atoms with Crippen LogP contribution in [0.15, 0.2) is 24.3 Å². The largest absolute Gasteiger partial charge is 0.315 e. The molecule has 0 saturated carbocycles. The van der Waals surface area contributed by atoms with Crippen LogP contribution in [0.25, 0.3) is 10.2 Å². The first-order chi connectivity index (χ1) is 8.91. The minimum absolute atomic E-state index is 0.115. The summed E-state index contributed by atoms with van der Waals surface area (Å²) >= 11 is 1.62. The molecule has 0 bridgehead atoms. The van der Waals surface area contributed by atoms with E-state index in [1.165, 1.54) is 6.26 Å². The summed E-state index contributed by atoms with van der Waals surface area (Å²) < 4.78 is 24.4. The Kier molecular flexibility index (Phi) is 4.23. The van der Waals surface area contributed by atoms with Crippen LogP contribution in [0.5, 0.6) is 0 Å². The van der Waals surface area contributed by atoms with Gasteiger partial charge in [0.25, 0.3) is 0 Å². The second-order valence-electron chi connectivity index (χ2n) is 4.71. The lowest BCUT2D eigenvalue weighted by Crippen LogP contribution is -2.41. The number of benzene rings is 1. The molecule has 1 aromatic heterocycles. The van der Waals surface area contributed by atoms with Crippen molar-refractivity contribution in [2.45, 2.75) is 24.6 Å². The fourth-order valence-corrected chi connectivity index (χ4v) is 3.85. The fourth-order valence-electron chi connectivity index (χ4n) is 2.00. The number of thiazole rings is 1. The van der Waals surface area contributed by atoms with Gasteiger partial charge in [-0.25, -0.2) is 13.4 Å². The lowest BCUT2D eigenvalue weighted by atomic mass is 10.1. The lowest BCUT2D eigenvalue weighted by Gasteiger charge is -2.20. The fraction of sp³-hybridized carbons (Fsp3) is 0.462. The van der Waals surface area contributed by atoms with E-state index in [9.17, 15) is 8.42 Å². The number of sulfone groups is 1. The van der Waals surface area contributed by atoms with Crippen molar-refractivity contribution in [3.8, 4) is 0 Å². The molecular weight excluding hydrogens is 280 g/mol. The first-order valence-electron chi connectivity index (χ1n) is 6.12. The first kappa shape index (κ1) is 14.4. The Bertz CT molecular complexity index is 631. The van der Waals surface area contributed by atoms with Gasteiger partial charge < -0.3 is 5.32 Å². The quantitative estimate of drug-likeness (QED) is 0.915. The highest BCUT2D eigenvalue weighted by atomic mass is 32.2. The summed E-state index contributed by atoms with van der Waals surface area (Å²) in [5.74, 6) is 0. The van der Waals surface area contributed by atoms with Gasteiger partial charge in [0, 0.05) is 18.7 Å². The minimum atomic E-state index is -3.05. The number of hydrogen-bond acceptors (Lipinski definition) is 5. The van der Waals surface area contributed by atoms with Gasteiger partial charge in [-0.3, -0.25) is 0 Å². The Labute approximate surface area is 117 Å². The van der Waals surface area contributed by atoms with Crippen LogP contribution in [0.3, 0.4) is 0 Å². The Hall–Kier alpha value is -0.980. The molecule has 0 spiro atoms. The van der Waals surface area contributed by atoms with Crippen molar-refractivity contribution in [3.05, 3.63) is 29.3 Å². The molecule has 2 atom stereocenters. The molecule has 4 nitrogen and oxygen atoms in total. The van der Waals surface area contributed by atoms with Gasteiger partial charge >= 0.3 is 0 Å². The highest BCUT2D eigenvalue weighted by molar-refractivity contribution is 7.91. The van der Waals surface area contributed by atoms with Gasteiger partial charge in [0.2, 0.25) is 0 Å². The molecule has 19 heavy (non-hydrogen) atoms. The van der Waals surface area contributed by atoms with Crippen LogP contribution < -0.4 is 5.32 Å². The highest BCUT2D eigenvalue weighted by Crippen LogP contribution is 2.23. The molecule has 0 radical (unpaired) electrons. The third-order valence-corrected chi connectivity index (χ3v) is 6.08. The van der Waals surface area contributed by atoms with Crippen LogP contribution in [-0.2, 0) is 16.3 Å². The number of para-hydroxylation sites is 1. The molecule has 1 N–H and O–H groups in total. The van der Waals surface area contributed by atoms with E-state index in [4.69, 9.17) is 0 Å². The average molecular weight is 298 g/mol. The molecule has 6 heteroatoms. The van der Waals surface area contributed by atoms with Crippen LogP contribution in [-0.4, -0.2) is 38.0 Å². The maximum Gasteiger partial charge on any atom is 0.151 e. The van der Waals surface area contributed by atoms with Gasteiger partial charge in [-0.1, -0.05) is 12.1 Å². The number of rotatable bonds is 5. The van der Waals surface area contributed by atoms with Crippen LogP contribution in [0, 0.1) is 0 Å². The van der Waals surface area contributed by atoms with Crippen molar-refractivity contribution in [3.63, 3.8) is 0 Å². The van der Waals surface area contributed by atoms with E-state index in [-0.39, 0.29) is 6.04 Å². The van der Waals surface area contributed by atoms with E-state index < -0.39 is 15.1 Å². The molecule has 0 aliphatic rings. The Morgan fingerprint density at radius 2 is 2.05 bits per heavy atom. The van der Waals surface area contributed by atoms with Crippen molar-refractivity contribution in [2.24, 2.45) is 0 Å². The maximum atomic E-state index is 11.6. The summed E-state index contributed by atoms with van der Waals surface area (Å²) in [6, 6.07) is 7.84. The molecule has 1 heterocycles. The zero-order valence-corrected chi connectivity index (χ0v) is 12.9. The molecule has 0 aliphatic carbocycles. The topological polar surface area (TPSA) is 59.1 Å². The number of nitrogens with zero attached hydrogens (tertiary/aromatic N) is 1. The molecule has 0 amide bonds. The number of fused-ring (bicyclic) bond motifs is 1. The summed E-state index contributed by atoms with van der Waals surface area (Å²) in [5.41, 5.74) is 0.976. The Balaban J connectivity index is 2.23. The lowest BCUT2D eigenvalue weighted by molar-refractivity contribution is 0.516. The SMILES string of the molecule is CNC(Cc1nc2ccccc2s1)C(C)S(C)(=O)=O. The van der Waals surface area contributed by atoms with Gasteiger partial charge in [-0.05, 0) is 26.1 Å². The highest BCUT2D eigenvalue weighted by Gasteiger charge is 2.25. The van der Waals surface area contributed by atoms with Crippen molar-refractivity contribution in [2.75, 3.05) is 13.3 Å². The predicted molar refractivity (Wildman–Crippen MR) is 80.5 cm³/mol. The summed E-state index contributed by atoms with van der Waals surface area (Å²) in [6.07, 6.45) is 1.91. The van der Waals surface area contributed by atoms with E-state index in [0.717, 1.165) is 15.2 Å². The molecule has 2 aromatic rings. The van der Waals surface area contributed by atoms with Crippen LogP contribution in [0.2, 0.25) is 0 Å². The van der Waals surface area contributed by atoms with Gasteiger partial charge in [0.05, 0.1) is 20.5 Å². The smallest absolute Gasteiger partial charge is 0.151 e. The van der Waals surface area contributed by atoms with Crippen LogP contribution >= 0.6 is 11.3 Å². The third-order valence-electron chi connectivity index (χ3n) is 3.35. The van der Waals surface area contributed by atoms with Crippen molar-refractivity contribution in [1.82, 2.24) is 10.3 Å². The van der Waals surface area contributed by atoms with E-state index in [1.807, 2.05) is 24.3 Å². The average Bonchev–Trinajstić information content (AvgIpc) is 2.76. The van der Waals surface area contributed by atoms with Gasteiger partial charge in [-0.2, -0.15) is 0 Å². The standard InChI is InChI=1S/C13H18N2O2S2/c1-9(19(3,16)17)11(14-2)8-13-15-10-6-4-5-7-12(10)18-13/h4-7,9,11,14H,8H2,1-3H3. The maximum absolute atomic E-state index is 11.6. The summed E-state index contributed by atoms with van der Waals surface area (Å²) in [6.45, 7) is 1.74. The molecule has 0 aliphatic heterocycles. The molecule has 2 unspecified atom stereocenters. The van der Waals surface area contributed by atoms with Gasteiger partial charge in [0.1, 0.15) is 0 Å². The third kappa shape index (κ3) is 3.32. The zero-order valence-electron chi connectivity index (χ0n) is 11.3. The Morgan fingerprint density at radius 1 is 1.37 bits per heavy atom. The predicted octanol–water partition coefficient (Wildman–Crippen LogP) is 1.86. The van der Waals surface area contributed by atoms with Gasteiger partial charge in [-0.15, -0.1) is 11.3 Å². The monoisotopic (exact) mass is 298 g/mol. The molecule has 104 valence electrons. The second-order valence-corrected chi connectivity index (χ2v) is 8.23. The number of likely N-dealkylation sites (N-methyl/N-ethyl adjacent to an activating group) is 1. The van der Waals surface area contributed by atoms with Crippen LogP contribution in [0.4, 0.5) is 0 Å². The minimum Gasteiger partial charge on any atom is -0.315 e. The normalized spacial score (nSPS) is 15.5. The van der Waals surface area contributed by atoms with Crippen molar-refractivity contribution < 1.29 is 8.42 Å². The van der Waals surface area contributed by atoms with Gasteiger partial charge in [0.15, 0.2) is 9.84 Å². The Morgan fingerprint density at radius 3 is 2.63 bits per heavy atom. The van der Waals surface area contributed by atoms with Crippen molar-refractivity contribution in [1.29, 1.82) is 0 Å². The summed E-state index contributed by atoms with van der Waals surface area (Å²) in [5, 5.41) is 3.63. The molecule has 2 rings (SSSR count). The van der Waals surface area contributed by atoms with E-state index in [1.54, 1.807) is 25.3 Å². The summed E-state index contributed by atoms with van der Waals surface area (Å²) in [4.78, 5) is 4.55. The zero-order chi connectivity index (χ0) is 14.0. The van der Waals surface area contributed by atoms with E-state index in [0.29, 0.717) is 6.42 Å². The van der Waals surface area contributed by atoms with E-state index >= 15 is 0 Å². The molecule has 0 saturated heterocycles. The van der Waals surface area contributed by atoms with Crippen molar-refractivity contribution >= 4 is 31.4 Å². The number of aromatic nitrogens is 1. The number of nitrogens with one attached hydrogen (secondary N) is 1. The second kappa shape index (κ2) is 5.56. The van der Waals surface area contributed by atoms with E-state index in [2.05, 4.69) is 10.3 Å². The first-order valence-corrected chi connectivity index (χ1v) is 8.89. The summed E-state index contributed by atoms with van der Waals surface area (Å²) in [7, 11) is -1.26. The molecule has 1 aromatic carbocycles.